The first kappa shape index (κ1) is 19.1. The Morgan fingerprint density at radius 2 is 2.00 bits per heavy atom. The van der Waals surface area contributed by atoms with Crippen molar-refractivity contribution in [2.24, 2.45) is 0 Å². The number of carbonyl (C=O) groups is 2. The Hall–Kier alpha value is -2.63. The van der Waals surface area contributed by atoms with Gasteiger partial charge in [0.1, 0.15) is 12.6 Å². The summed E-state index contributed by atoms with van der Waals surface area (Å²) in [6, 6.07) is 8.37. The lowest BCUT2D eigenvalue weighted by Crippen LogP contribution is -2.46. The first-order valence-electron chi connectivity index (χ1n) is 9.17. The van der Waals surface area contributed by atoms with E-state index >= 15 is 0 Å². The summed E-state index contributed by atoms with van der Waals surface area (Å²) in [5.74, 6) is -0.198. The summed E-state index contributed by atoms with van der Waals surface area (Å²) in [6.07, 6.45) is 0.357. The first-order chi connectivity index (χ1) is 13.2. The van der Waals surface area contributed by atoms with Gasteiger partial charge in [0.05, 0.1) is 31.4 Å². The molecular weight excluding hydrogens is 348 g/mol. The van der Waals surface area contributed by atoms with Crippen molar-refractivity contribution in [3.8, 4) is 6.07 Å². The average Bonchev–Trinajstić information content (AvgIpc) is 3.07. The molecule has 0 spiro atoms. The Morgan fingerprint density at radius 1 is 1.26 bits per heavy atom. The number of nitrogens with zero attached hydrogens (tertiary/aromatic N) is 3. The van der Waals surface area contributed by atoms with E-state index in [1.165, 1.54) is 4.90 Å². The largest absolute Gasteiger partial charge is 0.447 e. The number of rotatable bonds is 7. The fourth-order valence-corrected chi connectivity index (χ4v) is 3.18. The van der Waals surface area contributed by atoms with Crippen LogP contribution in [0.1, 0.15) is 17.5 Å². The van der Waals surface area contributed by atoms with Gasteiger partial charge in [0.2, 0.25) is 5.91 Å². The van der Waals surface area contributed by atoms with Gasteiger partial charge in [-0.25, -0.2) is 4.79 Å². The number of benzene rings is 1. The molecule has 144 valence electrons. The number of amides is 2. The first-order valence-corrected chi connectivity index (χ1v) is 9.17. The molecule has 1 atom stereocenters. The van der Waals surface area contributed by atoms with Crippen molar-refractivity contribution >= 4 is 12.0 Å². The monoisotopic (exact) mass is 372 g/mol. The quantitative estimate of drug-likeness (QED) is 0.709. The highest BCUT2D eigenvalue weighted by molar-refractivity contribution is 5.87. The molecule has 2 amide bonds. The lowest BCUT2D eigenvalue weighted by Gasteiger charge is -2.26. The van der Waals surface area contributed by atoms with Gasteiger partial charge in [0, 0.05) is 19.6 Å². The zero-order valence-corrected chi connectivity index (χ0v) is 15.2. The van der Waals surface area contributed by atoms with Crippen LogP contribution in [-0.2, 0) is 20.8 Å². The van der Waals surface area contributed by atoms with Crippen LogP contribution in [0, 0.1) is 11.3 Å². The third-order valence-corrected chi connectivity index (χ3v) is 4.77. The minimum absolute atomic E-state index is 0.0599. The van der Waals surface area contributed by atoms with E-state index in [0.717, 1.165) is 44.8 Å². The predicted molar refractivity (Wildman–Crippen MR) is 96.7 cm³/mol. The molecule has 0 aliphatic carbocycles. The molecule has 1 aromatic rings. The van der Waals surface area contributed by atoms with Crippen LogP contribution < -0.4 is 5.32 Å². The van der Waals surface area contributed by atoms with Crippen molar-refractivity contribution in [1.82, 2.24) is 15.1 Å². The Labute approximate surface area is 158 Å². The highest BCUT2D eigenvalue weighted by atomic mass is 16.6. The van der Waals surface area contributed by atoms with Crippen molar-refractivity contribution in [3.05, 3.63) is 35.4 Å². The fourth-order valence-electron chi connectivity index (χ4n) is 3.18. The number of hydrogen-bond donors (Lipinski definition) is 1. The summed E-state index contributed by atoms with van der Waals surface area (Å²) in [5.41, 5.74) is 1.40. The number of morpholine rings is 1. The molecule has 0 saturated carbocycles. The summed E-state index contributed by atoms with van der Waals surface area (Å²) < 4.78 is 10.4. The SMILES string of the molecule is N#Cc1ccc(CN2C(=O)OC[C@H]2C(=O)NCCCN2CCOCC2)cc1. The van der Waals surface area contributed by atoms with Crippen LogP contribution in [0.3, 0.4) is 0 Å². The van der Waals surface area contributed by atoms with Gasteiger partial charge >= 0.3 is 6.09 Å². The molecule has 0 unspecified atom stereocenters. The second-order valence-electron chi connectivity index (χ2n) is 6.63. The van der Waals surface area contributed by atoms with Gasteiger partial charge in [-0.2, -0.15) is 5.26 Å². The van der Waals surface area contributed by atoms with E-state index in [9.17, 15) is 9.59 Å². The molecule has 0 radical (unpaired) electrons. The van der Waals surface area contributed by atoms with E-state index in [1.807, 2.05) is 0 Å². The number of hydrogen-bond acceptors (Lipinski definition) is 6. The maximum absolute atomic E-state index is 12.5. The van der Waals surface area contributed by atoms with E-state index in [1.54, 1.807) is 24.3 Å². The fraction of sp³-hybridized carbons (Fsp3) is 0.526. The number of carbonyl (C=O) groups excluding carboxylic acids is 2. The average molecular weight is 372 g/mol. The third-order valence-electron chi connectivity index (χ3n) is 4.77. The van der Waals surface area contributed by atoms with Gasteiger partial charge in [0.15, 0.2) is 0 Å². The molecule has 8 nitrogen and oxygen atoms in total. The Kier molecular flexibility index (Phi) is 6.63. The van der Waals surface area contributed by atoms with Crippen LogP contribution in [-0.4, -0.2) is 73.8 Å². The molecule has 2 aliphatic heterocycles. The summed E-state index contributed by atoms with van der Waals surface area (Å²) in [7, 11) is 0. The minimum atomic E-state index is -0.628. The molecule has 2 fully saturated rings. The van der Waals surface area contributed by atoms with Gasteiger partial charge in [-0.3, -0.25) is 14.6 Å². The number of ether oxygens (including phenoxy) is 2. The molecule has 27 heavy (non-hydrogen) atoms. The Balaban J connectivity index is 1.47. The smallest absolute Gasteiger partial charge is 0.410 e. The molecule has 2 heterocycles. The maximum atomic E-state index is 12.5. The van der Waals surface area contributed by atoms with Crippen LogP contribution in [0.5, 0.6) is 0 Å². The molecule has 3 rings (SSSR count). The summed E-state index contributed by atoms with van der Waals surface area (Å²) in [4.78, 5) is 28.2. The highest BCUT2D eigenvalue weighted by Crippen LogP contribution is 2.17. The number of nitriles is 1. The van der Waals surface area contributed by atoms with Gasteiger partial charge in [-0.1, -0.05) is 12.1 Å². The third kappa shape index (κ3) is 5.18. The second-order valence-corrected chi connectivity index (χ2v) is 6.63. The van der Waals surface area contributed by atoms with Gasteiger partial charge in [0.25, 0.3) is 0 Å². The van der Waals surface area contributed by atoms with Crippen molar-refractivity contribution in [2.75, 3.05) is 46.0 Å². The number of cyclic esters (lactones) is 1. The topological polar surface area (TPSA) is 94.9 Å². The van der Waals surface area contributed by atoms with Crippen molar-refractivity contribution in [2.45, 2.75) is 19.0 Å². The second kappa shape index (κ2) is 9.35. The summed E-state index contributed by atoms with van der Waals surface area (Å²) >= 11 is 0. The number of nitrogens with one attached hydrogen (secondary N) is 1. The van der Waals surface area contributed by atoms with Crippen LogP contribution in [0.2, 0.25) is 0 Å². The molecule has 0 bridgehead atoms. The molecule has 2 saturated heterocycles. The molecule has 1 aromatic carbocycles. The summed E-state index contributed by atoms with van der Waals surface area (Å²) in [6.45, 7) is 5.19. The van der Waals surface area contributed by atoms with E-state index in [-0.39, 0.29) is 19.1 Å². The molecule has 0 aromatic heterocycles. The molecule has 1 N–H and O–H groups in total. The lowest BCUT2D eigenvalue weighted by molar-refractivity contribution is -0.125. The highest BCUT2D eigenvalue weighted by Gasteiger charge is 2.37. The zero-order valence-electron chi connectivity index (χ0n) is 15.2. The predicted octanol–water partition coefficient (Wildman–Crippen LogP) is 0.718. The normalized spacial score (nSPS) is 20.2. The van der Waals surface area contributed by atoms with Crippen LogP contribution in [0.25, 0.3) is 0 Å². The van der Waals surface area contributed by atoms with Gasteiger partial charge < -0.3 is 14.8 Å². The van der Waals surface area contributed by atoms with Crippen molar-refractivity contribution in [1.29, 1.82) is 5.26 Å². The van der Waals surface area contributed by atoms with E-state index in [2.05, 4.69) is 16.3 Å². The maximum Gasteiger partial charge on any atom is 0.410 e. The minimum Gasteiger partial charge on any atom is -0.447 e. The molecular formula is C19H24N4O4. The standard InChI is InChI=1S/C19H24N4O4/c20-12-15-2-4-16(5-3-15)13-23-17(14-27-19(23)25)18(24)21-6-1-7-22-8-10-26-11-9-22/h2-5,17H,1,6-11,13-14H2,(H,21,24)/t17-/m0/s1. The van der Waals surface area contributed by atoms with Crippen LogP contribution in [0.15, 0.2) is 24.3 Å². The van der Waals surface area contributed by atoms with E-state index in [0.29, 0.717) is 12.1 Å². The van der Waals surface area contributed by atoms with Crippen molar-refractivity contribution < 1.29 is 19.1 Å². The van der Waals surface area contributed by atoms with Gasteiger partial charge in [-0.05, 0) is 30.7 Å². The van der Waals surface area contributed by atoms with Crippen molar-refractivity contribution in [3.63, 3.8) is 0 Å². The molecule has 8 heteroatoms. The lowest BCUT2D eigenvalue weighted by atomic mass is 10.1. The van der Waals surface area contributed by atoms with Crippen LogP contribution >= 0.6 is 0 Å². The Morgan fingerprint density at radius 3 is 2.70 bits per heavy atom. The van der Waals surface area contributed by atoms with Gasteiger partial charge in [-0.15, -0.1) is 0 Å². The van der Waals surface area contributed by atoms with E-state index < -0.39 is 12.1 Å². The Bertz CT molecular complexity index is 695. The summed E-state index contributed by atoms with van der Waals surface area (Å²) in [5, 5.41) is 11.8. The molecule has 2 aliphatic rings. The van der Waals surface area contributed by atoms with Crippen LogP contribution in [0.4, 0.5) is 4.79 Å². The zero-order chi connectivity index (χ0) is 19.1. The van der Waals surface area contributed by atoms with E-state index in [4.69, 9.17) is 14.7 Å².